The lowest BCUT2D eigenvalue weighted by molar-refractivity contribution is 0.218. The number of nitrogens with two attached hydrogens (primary N) is 1. The van der Waals surface area contributed by atoms with Gasteiger partial charge in [0.25, 0.3) is 0 Å². The summed E-state index contributed by atoms with van der Waals surface area (Å²) < 4.78 is 1.70. The largest absolute Gasteiger partial charge is 0.394 e. The van der Waals surface area contributed by atoms with Gasteiger partial charge in [-0.1, -0.05) is 6.92 Å². The van der Waals surface area contributed by atoms with Gasteiger partial charge in [0.2, 0.25) is 0 Å². The predicted octanol–water partition coefficient (Wildman–Crippen LogP) is 0.884. The summed E-state index contributed by atoms with van der Waals surface area (Å²) in [6.45, 7) is 5.90. The maximum Gasteiger partial charge on any atom is 0.148 e. The van der Waals surface area contributed by atoms with Crippen LogP contribution in [0, 0.1) is 6.92 Å². The number of nitrogens with one attached hydrogen (secondary N) is 1. The number of hydrogen-bond acceptors (Lipinski definition) is 4. The molecule has 0 saturated carbocycles. The van der Waals surface area contributed by atoms with E-state index < -0.39 is 0 Å². The molecule has 0 aliphatic rings. The highest BCUT2D eigenvalue weighted by atomic mass is 16.3. The fraction of sp³-hybridized carbons (Fsp3) is 0.700. The summed E-state index contributed by atoms with van der Waals surface area (Å²) in [5, 5.41) is 16.8. The van der Waals surface area contributed by atoms with Gasteiger partial charge in [0, 0.05) is 7.05 Å². The molecule has 0 amide bonds. The van der Waals surface area contributed by atoms with Crippen LogP contribution in [0.25, 0.3) is 0 Å². The van der Waals surface area contributed by atoms with Crippen LogP contribution in [0.15, 0.2) is 0 Å². The van der Waals surface area contributed by atoms with Gasteiger partial charge in [0.05, 0.1) is 23.5 Å². The second-order valence-electron chi connectivity index (χ2n) is 4.17. The van der Waals surface area contributed by atoms with Crippen molar-refractivity contribution in [3.8, 4) is 0 Å². The summed E-state index contributed by atoms with van der Waals surface area (Å²) in [6.07, 6.45) is 0.813. The third-order valence-electron chi connectivity index (χ3n) is 2.82. The first-order chi connectivity index (χ1) is 6.93. The van der Waals surface area contributed by atoms with Crippen molar-refractivity contribution < 1.29 is 5.11 Å². The minimum absolute atomic E-state index is 0.0627. The van der Waals surface area contributed by atoms with E-state index in [2.05, 4.69) is 10.4 Å². The van der Waals surface area contributed by atoms with Gasteiger partial charge in [-0.15, -0.1) is 0 Å². The van der Waals surface area contributed by atoms with Crippen LogP contribution in [-0.4, -0.2) is 27.0 Å². The first kappa shape index (κ1) is 11.8. The Morgan fingerprint density at radius 3 is 2.53 bits per heavy atom. The van der Waals surface area contributed by atoms with Gasteiger partial charge in [-0.3, -0.25) is 4.68 Å². The lowest BCUT2D eigenvalue weighted by atomic mass is 10.0. The maximum atomic E-state index is 9.30. The van der Waals surface area contributed by atoms with Crippen LogP contribution in [-0.2, 0) is 7.05 Å². The summed E-state index contributed by atoms with van der Waals surface area (Å²) in [6, 6.07) is 0. The number of aliphatic hydroxyl groups excluding tert-OH is 1. The van der Waals surface area contributed by atoms with Crippen LogP contribution in [0.1, 0.15) is 26.0 Å². The Balaban J connectivity index is 2.98. The first-order valence-corrected chi connectivity index (χ1v) is 5.11. The second-order valence-corrected chi connectivity index (χ2v) is 4.17. The number of aliphatic hydroxyl groups is 1. The Bertz CT molecular complexity index is 341. The Labute approximate surface area is 90.3 Å². The Hall–Kier alpha value is -1.23. The molecular weight excluding hydrogens is 192 g/mol. The molecular formula is C10H20N4O. The number of nitrogens with zero attached hydrogens (tertiary/aromatic N) is 2. The number of aryl methyl sites for hydroxylation is 2. The van der Waals surface area contributed by atoms with E-state index in [9.17, 15) is 5.11 Å². The molecule has 15 heavy (non-hydrogen) atoms. The number of aromatic nitrogens is 2. The van der Waals surface area contributed by atoms with E-state index in [0.717, 1.165) is 17.9 Å². The summed E-state index contributed by atoms with van der Waals surface area (Å²) in [5.41, 5.74) is 6.99. The van der Waals surface area contributed by atoms with Crippen molar-refractivity contribution in [1.29, 1.82) is 0 Å². The second kappa shape index (κ2) is 4.10. The van der Waals surface area contributed by atoms with Crippen LogP contribution >= 0.6 is 0 Å². The molecule has 4 N–H and O–H groups in total. The summed E-state index contributed by atoms with van der Waals surface area (Å²) in [5.74, 6) is 0.769. The average Bonchev–Trinajstić information content (AvgIpc) is 2.45. The van der Waals surface area contributed by atoms with Crippen LogP contribution in [0.4, 0.5) is 11.5 Å². The third-order valence-corrected chi connectivity index (χ3v) is 2.82. The highest BCUT2D eigenvalue weighted by molar-refractivity contribution is 5.65. The van der Waals surface area contributed by atoms with E-state index in [1.165, 1.54) is 0 Å². The summed E-state index contributed by atoms with van der Waals surface area (Å²) >= 11 is 0. The number of hydrogen-bond donors (Lipinski definition) is 3. The van der Waals surface area contributed by atoms with Crippen molar-refractivity contribution in [2.45, 2.75) is 32.7 Å². The van der Waals surface area contributed by atoms with Crippen LogP contribution in [0.3, 0.4) is 0 Å². The van der Waals surface area contributed by atoms with Gasteiger partial charge >= 0.3 is 0 Å². The van der Waals surface area contributed by atoms with Crippen LogP contribution < -0.4 is 11.1 Å². The third kappa shape index (κ3) is 2.23. The van der Waals surface area contributed by atoms with Gasteiger partial charge in [-0.2, -0.15) is 5.10 Å². The topological polar surface area (TPSA) is 76.1 Å². The van der Waals surface area contributed by atoms with Crippen molar-refractivity contribution in [1.82, 2.24) is 9.78 Å². The van der Waals surface area contributed by atoms with E-state index in [1.807, 2.05) is 27.8 Å². The van der Waals surface area contributed by atoms with E-state index >= 15 is 0 Å². The summed E-state index contributed by atoms with van der Waals surface area (Å²) in [7, 11) is 1.83. The van der Waals surface area contributed by atoms with Crippen LogP contribution in [0.2, 0.25) is 0 Å². The molecule has 1 aromatic heterocycles. The molecule has 0 fully saturated rings. The van der Waals surface area contributed by atoms with Gasteiger partial charge in [0.15, 0.2) is 0 Å². The van der Waals surface area contributed by atoms with E-state index in [-0.39, 0.29) is 12.1 Å². The standard InChI is InChI=1S/C10H20N4O/c1-5-10(3,6-15)12-9-8(11)7(2)13-14(9)4/h12,15H,5-6,11H2,1-4H3. The molecule has 1 unspecified atom stereocenters. The van der Waals surface area contributed by atoms with Gasteiger partial charge in [-0.25, -0.2) is 0 Å². The first-order valence-electron chi connectivity index (χ1n) is 5.11. The molecule has 0 spiro atoms. The van der Waals surface area contributed by atoms with E-state index in [4.69, 9.17) is 5.73 Å². The molecule has 1 heterocycles. The van der Waals surface area contributed by atoms with Crippen molar-refractivity contribution in [3.05, 3.63) is 5.69 Å². The molecule has 0 aliphatic heterocycles. The molecule has 1 rings (SSSR count). The maximum absolute atomic E-state index is 9.30. The normalized spacial score (nSPS) is 15.0. The predicted molar refractivity (Wildman–Crippen MR) is 61.8 cm³/mol. The van der Waals surface area contributed by atoms with Crippen molar-refractivity contribution in [2.75, 3.05) is 17.7 Å². The SMILES string of the molecule is CCC(C)(CO)Nc1c(N)c(C)nn1C. The Morgan fingerprint density at radius 2 is 2.20 bits per heavy atom. The molecule has 5 heteroatoms. The van der Waals surface area contributed by atoms with Gasteiger partial charge in [-0.05, 0) is 20.3 Å². The van der Waals surface area contributed by atoms with E-state index in [0.29, 0.717) is 5.69 Å². The smallest absolute Gasteiger partial charge is 0.148 e. The average molecular weight is 212 g/mol. The molecule has 1 aromatic rings. The zero-order valence-electron chi connectivity index (χ0n) is 9.83. The molecule has 86 valence electrons. The lowest BCUT2D eigenvalue weighted by Gasteiger charge is -2.28. The summed E-state index contributed by atoms with van der Waals surface area (Å²) in [4.78, 5) is 0. The Morgan fingerprint density at radius 1 is 1.60 bits per heavy atom. The zero-order chi connectivity index (χ0) is 11.6. The van der Waals surface area contributed by atoms with Crippen LogP contribution in [0.5, 0.6) is 0 Å². The molecule has 5 nitrogen and oxygen atoms in total. The number of anilines is 2. The van der Waals surface area contributed by atoms with Gasteiger partial charge in [0.1, 0.15) is 5.82 Å². The number of rotatable bonds is 4. The minimum atomic E-state index is -0.353. The highest BCUT2D eigenvalue weighted by Gasteiger charge is 2.23. The quantitative estimate of drug-likeness (QED) is 0.692. The monoisotopic (exact) mass is 212 g/mol. The molecule has 0 aromatic carbocycles. The van der Waals surface area contributed by atoms with Gasteiger partial charge < -0.3 is 16.2 Å². The van der Waals surface area contributed by atoms with Crippen molar-refractivity contribution in [3.63, 3.8) is 0 Å². The van der Waals surface area contributed by atoms with Crippen molar-refractivity contribution >= 4 is 11.5 Å². The number of nitrogen functional groups attached to an aromatic ring is 1. The van der Waals surface area contributed by atoms with Crippen molar-refractivity contribution in [2.24, 2.45) is 7.05 Å². The molecule has 1 atom stereocenters. The Kier molecular flexibility index (Phi) is 3.24. The molecule has 0 aliphatic carbocycles. The lowest BCUT2D eigenvalue weighted by Crippen LogP contribution is -2.38. The fourth-order valence-electron chi connectivity index (χ4n) is 1.35. The highest BCUT2D eigenvalue weighted by Crippen LogP contribution is 2.25. The zero-order valence-corrected chi connectivity index (χ0v) is 9.83. The molecule has 0 bridgehead atoms. The minimum Gasteiger partial charge on any atom is -0.394 e. The fourth-order valence-corrected chi connectivity index (χ4v) is 1.35. The van der Waals surface area contributed by atoms with E-state index in [1.54, 1.807) is 4.68 Å². The molecule has 0 saturated heterocycles. The molecule has 0 radical (unpaired) electrons.